The van der Waals surface area contributed by atoms with Crippen molar-refractivity contribution in [1.82, 2.24) is 9.62 Å². The van der Waals surface area contributed by atoms with E-state index in [9.17, 15) is 13.2 Å². The van der Waals surface area contributed by atoms with Gasteiger partial charge in [0.05, 0.1) is 11.6 Å². The minimum atomic E-state index is -3.86. The number of rotatable bonds is 4. The molecule has 1 fully saturated rings. The van der Waals surface area contributed by atoms with Crippen LogP contribution >= 0.6 is 12.6 Å². The minimum Gasteiger partial charge on any atom is -0.343 e. The summed E-state index contributed by atoms with van der Waals surface area (Å²) in [4.78, 5) is 12.1. The van der Waals surface area contributed by atoms with E-state index in [1.54, 1.807) is 19.9 Å². The van der Waals surface area contributed by atoms with Crippen molar-refractivity contribution in [2.75, 3.05) is 6.54 Å². The largest absolute Gasteiger partial charge is 0.343 e. The number of carbonyl (C=O) groups is 1. The summed E-state index contributed by atoms with van der Waals surface area (Å²) in [5.41, 5.74) is 0.823. The maximum atomic E-state index is 12.8. The third-order valence-electron chi connectivity index (χ3n) is 3.38. The first-order valence-corrected chi connectivity index (χ1v) is 8.76. The standard InChI is InChI=1S/C14H20N2O3S2/c1-10-5-7-12(8-6-10)21(18,19)16-9-3-4-13(16)14(17)15-11(2)20/h5-8,11,13,20H,3-4,9H2,1-2H3,(H,15,17)/t11?,13-/m0/s1/i7D. The number of amides is 1. The average Bonchev–Trinajstić information content (AvgIpc) is 2.87. The lowest BCUT2D eigenvalue weighted by molar-refractivity contribution is -0.124. The van der Waals surface area contributed by atoms with Crippen LogP contribution in [0.2, 0.25) is 0 Å². The Morgan fingerprint density at radius 3 is 2.86 bits per heavy atom. The first-order valence-electron chi connectivity index (χ1n) is 7.31. The molecule has 2 atom stereocenters. The molecular weight excluding hydrogens is 308 g/mol. The lowest BCUT2D eigenvalue weighted by Gasteiger charge is -2.24. The normalized spacial score (nSPS) is 21.9. The summed E-state index contributed by atoms with van der Waals surface area (Å²) in [6.07, 6.45) is 1.10. The molecule has 1 N–H and O–H groups in total. The third-order valence-corrected chi connectivity index (χ3v) is 5.38. The predicted octanol–water partition coefficient (Wildman–Crippen LogP) is 1.54. The molecular formula is C14H20N2O3S2. The van der Waals surface area contributed by atoms with Crippen LogP contribution in [0.1, 0.15) is 26.7 Å². The maximum absolute atomic E-state index is 12.8. The molecule has 0 aliphatic carbocycles. The molecule has 0 bridgehead atoms. The van der Waals surface area contributed by atoms with Crippen LogP contribution in [0.5, 0.6) is 0 Å². The minimum absolute atomic E-state index is 0.0476. The van der Waals surface area contributed by atoms with Crippen molar-refractivity contribution in [3.05, 3.63) is 29.8 Å². The van der Waals surface area contributed by atoms with Crippen LogP contribution in [0.25, 0.3) is 0 Å². The molecule has 1 amide bonds. The topological polar surface area (TPSA) is 66.5 Å². The van der Waals surface area contributed by atoms with Gasteiger partial charge in [0, 0.05) is 6.54 Å². The molecule has 21 heavy (non-hydrogen) atoms. The second-order valence-electron chi connectivity index (χ2n) is 5.19. The smallest absolute Gasteiger partial charge is 0.243 e. The van der Waals surface area contributed by atoms with Crippen LogP contribution in [0.3, 0.4) is 0 Å². The van der Waals surface area contributed by atoms with Crippen LogP contribution in [-0.2, 0) is 14.8 Å². The van der Waals surface area contributed by atoms with Gasteiger partial charge >= 0.3 is 0 Å². The Kier molecular flexibility index (Phi) is 4.51. The quantitative estimate of drug-likeness (QED) is 0.650. The molecule has 1 aliphatic heterocycles. The zero-order chi connectivity index (χ0) is 16.5. The summed E-state index contributed by atoms with van der Waals surface area (Å²) in [5.74, 6) is -0.345. The molecule has 116 valence electrons. The molecule has 0 saturated carbocycles. The summed E-state index contributed by atoms with van der Waals surface area (Å²) in [7, 11) is -3.86. The summed E-state index contributed by atoms with van der Waals surface area (Å²) in [5, 5.41) is 2.29. The highest BCUT2D eigenvalue weighted by Crippen LogP contribution is 2.26. The number of aryl methyl sites for hydroxylation is 1. The van der Waals surface area contributed by atoms with Crippen molar-refractivity contribution < 1.29 is 14.6 Å². The highest BCUT2D eigenvalue weighted by atomic mass is 32.2. The van der Waals surface area contributed by atoms with Gasteiger partial charge in [0.2, 0.25) is 15.9 Å². The fourth-order valence-electron chi connectivity index (χ4n) is 2.37. The lowest BCUT2D eigenvalue weighted by Crippen LogP contribution is -2.47. The summed E-state index contributed by atoms with van der Waals surface area (Å²) < 4.78 is 34.6. The molecule has 1 unspecified atom stereocenters. The molecule has 1 aromatic carbocycles. The lowest BCUT2D eigenvalue weighted by atomic mass is 10.2. The zero-order valence-electron chi connectivity index (χ0n) is 13.0. The molecule has 0 aromatic heterocycles. The van der Waals surface area contributed by atoms with Crippen molar-refractivity contribution in [2.24, 2.45) is 0 Å². The van der Waals surface area contributed by atoms with Crippen molar-refractivity contribution in [2.45, 2.75) is 43.0 Å². The molecule has 7 heteroatoms. The van der Waals surface area contributed by atoms with Crippen molar-refractivity contribution in [3.8, 4) is 0 Å². The summed E-state index contributed by atoms with van der Waals surface area (Å²) >= 11 is 4.10. The van der Waals surface area contributed by atoms with Gasteiger partial charge in [-0.25, -0.2) is 8.42 Å². The number of hydrogen-bond donors (Lipinski definition) is 2. The second kappa shape index (κ2) is 6.37. The zero-order valence-corrected chi connectivity index (χ0v) is 13.7. The molecule has 1 aromatic rings. The number of carbonyl (C=O) groups excluding carboxylic acids is 1. The fourth-order valence-corrected chi connectivity index (χ4v) is 4.10. The van der Waals surface area contributed by atoms with Gasteiger partial charge in [-0.1, -0.05) is 17.7 Å². The van der Waals surface area contributed by atoms with E-state index in [-0.39, 0.29) is 28.8 Å². The van der Waals surface area contributed by atoms with E-state index in [2.05, 4.69) is 17.9 Å². The third kappa shape index (κ3) is 3.59. The number of nitrogens with one attached hydrogen (secondary N) is 1. The number of benzene rings is 1. The van der Waals surface area contributed by atoms with Gasteiger partial charge in [0.1, 0.15) is 6.04 Å². The summed E-state index contributed by atoms with van der Waals surface area (Å²) in [6.45, 7) is 3.79. The molecule has 0 radical (unpaired) electrons. The second-order valence-corrected chi connectivity index (χ2v) is 7.82. The van der Waals surface area contributed by atoms with Crippen LogP contribution in [-0.4, -0.2) is 36.6 Å². The molecule has 2 rings (SSSR count). The number of thiol groups is 1. The van der Waals surface area contributed by atoms with Gasteiger partial charge in [0.25, 0.3) is 0 Å². The van der Waals surface area contributed by atoms with E-state index in [4.69, 9.17) is 1.37 Å². The monoisotopic (exact) mass is 329 g/mol. The highest BCUT2D eigenvalue weighted by Gasteiger charge is 2.39. The van der Waals surface area contributed by atoms with Gasteiger partial charge in [-0.05, 0) is 38.8 Å². The van der Waals surface area contributed by atoms with Gasteiger partial charge in [-0.15, -0.1) is 0 Å². The Morgan fingerprint density at radius 1 is 1.52 bits per heavy atom. The van der Waals surface area contributed by atoms with E-state index in [1.165, 1.54) is 16.4 Å². The molecule has 1 saturated heterocycles. The van der Waals surface area contributed by atoms with Crippen LogP contribution in [0.15, 0.2) is 29.1 Å². The van der Waals surface area contributed by atoms with E-state index in [0.29, 0.717) is 12.8 Å². The van der Waals surface area contributed by atoms with Crippen LogP contribution in [0, 0.1) is 6.92 Å². The Morgan fingerprint density at radius 2 is 2.24 bits per heavy atom. The predicted molar refractivity (Wildman–Crippen MR) is 84.7 cm³/mol. The Labute approximate surface area is 132 Å². The first kappa shape index (κ1) is 14.9. The fraction of sp³-hybridized carbons (Fsp3) is 0.500. The molecule has 1 aliphatic rings. The Hall–Kier alpha value is -1.05. The van der Waals surface area contributed by atoms with Crippen molar-refractivity contribution >= 4 is 28.6 Å². The van der Waals surface area contributed by atoms with Crippen LogP contribution in [0.4, 0.5) is 0 Å². The Balaban J connectivity index is 2.33. The highest BCUT2D eigenvalue weighted by molar-refractivity contribution is 7.89. The van der Waals surface area contributed by atoms with Crippen molar-refractivity contribution in [3.63, 3.8) is 0 Å². The van der Waals surface area contributed by atoms with Crippen LogP contribution < -0.4 is 5.32 Å². The van der Waals surface area contributed by atoms with Gasteiger partial charge in [-0.2, -0.15) is 16.9 Å². The van der Waals surface area contributed by atoms with E-state index in [1.807, 2.05) is 0 Å². The average molecular weight is 329 g/mol. The van der Waals surface area contributed by atoms with E-state index in [0.717, 1.165) is 5.56 Å². The number of nitrogens with zero attached hydrogens (tertiary/aromatic N) is 1. The molecule has 0 spiro atoms. The van der Waals surface area contributed by atoms with Gasteiger partial charge < -0.3 is 5.32 Å². The SMILES string of the molecule is [2H]c1cc(C)ccc1S(=O)(=O)N1CCC[C@H]1C(=O)NC(C)S. The van der Waals surface area contributed by atoms with E-state index < -0.39 is 16.1 Å². The molecule has 5 nitrogen and oxygen atoms in total. The maximum Gasteiger partial charge on any atom is 0.243 e. The first-order chi connectivity index (χ1) is 10.2. The number of hydrogen-bond acceptors (Lipinski definition) is 4. The summed E-state index contributed by atoms with van der Waals surface area (Å²) in [6, 6.07) is 3.82. The number of sulfonamides is 1. The van der Waals surface area contributed by atoms with Crippen molar-refractivity contribution in [1.29, 1.82) is 0 Å². The van der Waals surface area contributed by atoms with Gasteiger partial charge in [0.15, 0.2) is 0 Å². The Bertz CT molecular complexity index is 677. The van der Waals surface area contributed by atoms with E-state index >= 15 is 0 Å². The van der Waals surface area contributed by atoms with Gasteiger partial charge in [-0.3, -0.25) is 4.79 Å². The molecule has 1 heterocycles.